The van der Waals surface area contributed by atoms with Gasteiger partial charge in [0.15, 0.2) is 0 Å². The summed E-state index contributed by atoms with van der Waals surface area (Å²) in [6.45, 7) is 10.4. The van der Waals surface area contributed by atoms with Crippen LogP contribution < -0.4 is 5.32 Å². The molecule has 0 atom stereocenters. The second-order valence-electron chi connectivity index (χ2n) is 5.30. The highest BCUT2D eigenvalue weighted by atomic mass is 16.5. The largest absolute Gasteiger partial charge is 0.375 e. The fraction of sp³-hybridized carbons (Fsp3) is 1.00. The van der Waals surface area contributed by atoms with Gasteiger partial charge in [-0.3, -0.25) is 0 Å². The van der Waals surface area contributed by atoms with Gasteiger partial charge in [0.1, 0.15) is 0 Å². The van der Waals surface area contributed by atoms with Crippen molar-refractivity contribution in [2.24, 2.45) is 0 Å². The Labute approximate surface area is 82.0 Å². The van der Waals surface area contributed by atoms with E-state index in [-0.39, 0.29) is 5.60 Å². The molecule has 0 aromatic carbocycles. The molecule has 13 heavy (non-hydrogen) atoms. The van der Waals surface area contributed by atoms with Gasteiger partial charge >= 0.3 is 0 Å². The van der Waals surface area contributed by atoms with Gasteiger partial charge in [0, 0.05) is 12.1 Å². The molecule has 0 unspecified atom stereocenters. The third-order valence-corrected chi connectivity index (χ3v) is 2.65. The zero-order chi connectivity index (χ0) is 9.95. The van der Waals surface area contributed by atoms with Gasteiger partial charge in [0.25, 0.3) is 0 Å². The van der Waals surface area contributed by atoms with E-state index in [9.17, 15) is 0 Å². The highest BCUT2D eigenvalue weighted by Gasteiger charge is 2.30. The van der Waals surface area contributed by atoms with Gasteiger partial charge in [-0.2, -0.15) is 0 Å². The average molecular weight is 185 g/mol. The average Bonchev–Trinajstić information content (AvgIpc) is 1.93. The van der Waals surface area contributed by atoms with Gasteiger partial charge < -0.3 is 10.1 Å². The van der Waals surface area contributed by atoms with Crippen LogP contribution in [-0.4, -0.2) is 24.3 Å². The van der Waals surface area contributed by atoms with Crippen molar-refractivity contribution in [2.75, 3.05) is 13.2 Å². The number of hydrogen-bond donors (Lipinski definition) is 1. The zero-order valence-electron chi connectivity index (χ0n) is 9.44. The molecule has 2 heteroatoms. The van der Waals surface area contributed by atoms with Gasteiger partial charge in [0.05, 0.1) is 12.2 Å². The van der Waals surface area contributed by atoms with Gasteiger partial charge in [0.2, 0.25) is 0 Å². The van der Waals surface area contributed by atoms with Crippen molar-refractivity contribution in [3.8, 4) is 0 Å². The quantitative estimate of drug-likeness (QED) is 0.679. The summed E-state index contributed by atoms with van der Waals surface area (Å²) in [5.41, 5.74) is 0.420. The van der Waals surface area contributed by atoms with E-state index in [0.29, 0.717) is 5.54 Å². The Morgan fingerprint density at radius 3 is 2.31 bits per heavy atom. The second-order valence-corrected chi connectivity index (χ2v) is 5.30. The molecule has 1 fully saturated rings. The summed E-state index contributed by atoms with van der Waals surface area (Å²) in [6.07, 6.45) is 4.02. The summed E-state index contributed by atoms with van der Waals surface area (Å²) in [6, 6.07) is 0. The summed E-state index contributed by atoms with van der Waals surface area (Å²) in [5.74, 6) is 0. The molecule has 2 nitrogen and oxygen atoms in total. The van der Waals surface area contributed by atoms with Crippen LogP contribution in [-0.2, 0) is 4.74 Å². The van der Waals surface area contributed by atoms with Crippen molar-refractivity contribution in [2.45, 2.75) is 58.1 Å². The molecule has 0 bridgehead atoms. The Bertz CT molecular complexity index is 156. The predicted octanol–water partition coefficient (Wildman–Crippen LogP) is 2.33. The molecule has 0 radical (unpaired) electrons. The van der Waals surface area contributed by atoms with Gasteiger partial charge in [-0.1, -0.05) is 0 Å². The number of rotatable bonds is 4. The third kappa shape index (κ3) is 4.10. The molecule has 0 aliphatic heterocycles. The molecular weight excluding hydrogens is 162 g/mol. The molecule has 1 aliphatic rings. The molecule has 1 saturated carbocycles. The Morgan fingerprint density at radius 2 is 1.92 bits per heavy atom. The maximum absolute atomic E-state index is 5.63. The van der Waals surface area contributed by atoms with E-state index in [1.54, 1.807) is 0 Å². The lowest BCUT2D eigenvalue weighted by molar-refractivity contribution is -0.00502. The molecule has 1 rings (SSSR count). The molecule has 0 saturated heterocycles. The lowest BCUT2D eigenvalue weighted by Gasteiger charge is -2.39. The fourth-order valence-corrected chi connectivity index (χ4v) is 1.59. The van der Waals surface area contributed by atoms with Crippen LogP contribution >= 0.6 is 0 Å². The normalized spacial score (nSPS) is 21.2. The van der Waals surface area contributed by atoms with Crippen LogP contribution in [0.25, 0.3) is 0 Å². The summed E-state index contributed by atoms with van der Waals surface area (Å²) < 4.78 is 5.63. The van der Waals surface area contributed by atoms with Gasteiger partial charge in [-0.05, 0) is 47.0 Å². The zero-order valence-corrected chi connectivity index (χ0v) is 9.44. The Kier molecular flexibility index (Phi) is 3.36. The van der Waals surface area contributed by atoms with E-state index >= 15 is 0 Å². The fourth-order valence-electron chi connectivity index (χ4n) is 1.59. The Balaban J connectivity index is 2.01. The van der Waals surface area contributed by atoms with E-state index in [4.69, 9.17) is 4.74 Å². The highest BCUT2D eigenvalue weighted by molar-refractivity contribution is 4.91. The first-order valence-electron chi connectivity index (χ1n) is 5.30. The van der Waals surface area contributed by atoms with Crippen molar-refractivity contribution in [3.05, 3.63) is 0 Å². The van der Waals surface area contributed by atoms with Crippen molar-refractivity contribution >= 4 is 0 Å². The summed E-state index contributed by atoms with van der Waals surface area (Å²) in [7, 11) is 0. The van der Waals surface area contributed by atoms with Gasteiger partial charge in [-0.15, -0.1) is 0 Å². The SMILES string of the molecule is CC1(NCCOC(C)(C)C)CCC1. The molecule has 0 spiro atoms. The first-order valence-corrected chi connectivity index (χ1v) is 5.30. The maximum Gasteiger partial charge on any atom is 0.0599 e. The van der Waals surface area contributed by atoms with Crippen LogP contribution in [0.1, 0.15) is 47.0 Å². The second kappa shape index (κ2) is 3.97. The van der Waals surface area contributed by atoms with Crippen molar-refractivity contribution in [1.82, 2.24) is 5.32 Å². The highest BCUT2D eigenvalue weighted by Crippen LogP contribution is 2.30. The molecular formula is C11H23NO. The molecule has 78 valence electrons. The molecule has 0 aromatic heterocycles. The lowest BCUT2D eigenvalue weighted by Crippen LogP contribution is -2.49. The lowest BCUT2D eigenvalue weighted by atomic mass is 9.78. The topological polar surface area (TPSA) is 21.3 Å². The van der Waals surface area contributed by atoms with Crippen LogP contribution in [0.3, 0.4) is 0 Å². The minimum absolute atomic E-state index is 0.00218. The van der Waals surface area contributed by atoms with Crippen LogP contribution in [0.15, 0.2) is 0 Å². The van der Waals surface area contributed by atoms with Crippen molar-refractivity contribution in [1.29, 1.82) is 0 Å². The van der Waals surface area contributed by atoms with Crippen LogP contribution in [0.4, 0.5) is 0 Å². The maximum atomic E-state index is 5.63. The molecule has 0 heterocycles. The van der Waals surface area contributed by atoms with Crippen LogP contribution in [0.5, 0.6) is 0 Å². The molecule has 0 amide bonds. The minimum atomic E-state index is 0.00218. The smallest absolute Gasteiger partial charge is 0.0599 e. The van der Waals surface area contributed by atoms with Crippen molar-refractivity contribution in [3.63, 3.8) is 0 Å². The van der Waals surface area contributed by atoms with Crippen LogP contribution in [0.2, 0.25) is 0 Å². The van der Waals surface area contributed by atoms with Crippen LogP contribution in [0, 0.1) is 0 Å². The predicted molar refractivity (Wildman–Crippen MR) is 56.0 cm³/mol. The first kappa shape index (κ1) is 11.0. The molecule has 1 N–H and O–H groups in total. The van der Waals surface area contributed by atoms with Gasteiger partial charge in [-0.25, -0.2) is 0 Å². The first-order chi connectivity index (χ1) is 5.91. The standard InChI is InChI=1S/C11H23NO/c1-10(2,3)13-9-8-12-11(4)6-5-7-11/h12H,5-9H2,1-4H3. The van der Waals surface area contributed by atoms with Crippen molar-refractivity contribution < 1.29 is 4.74 Å². The summed E-state index contributed by atoms with van der Waals surface area (Å²) >= 11 is 0. The number of hydrogen-bond acceptors (Lipinski definition) is 2. The molecule has 1 aliphatic carbocycles. The Morgan fingerprint density at radius 1 is 1.31 bits per heavy atom. The number of nitrogens with one attached hydrogen (secondary N) is 1. The summed E-state index contributed by atoms with van der Waals surface area (Å²) in [4.78, 5) is 0. The van der Waals surface area contributed by atoms with E-state index in [2.05, 4.69) is 33.0 Å². The third-order valence-electron chi connectivity index (χ3n) is 2.65. The number of ether oxygens (including phenoxy) is 1. The minimum Gasteiger partial charge on any atom is -0.375 e. The van der Waals surface area contributed by atoms with E-state index in [1.807, 2.05) is 0 Å². The van der Waals surface area contributed by atoms with E-state index < -0.39 is 0 Å². The summed E-state index contributed by atoms with van der Waals surface area (Å²) in [5, 5.41) is 3.54. The monoisotopic (exact) mass is 185 g/mol. The Hall–Kier alpha value is -0.0800. The van der Waals surface area contributed by atoms with E-state index in [1.165, 1.54) is 19.3 Å². The molecule has 0 aromatic rings. The van der Waals surface area contributed by atoms with E-state index in [0.717, 1.165) is 13.2 Å².